The SMILES string of the molecule is C/C(=N/[OH2+])C(=N)C(=O)N[C@H](C(=O)Nc1cn([C@H](C)c2cc(Cl)n[nH]c2=O)nc1F)C1CCC(F)(F)CC1. The van der Waals surface area contributed by atoms with Crippen LogP contribution in [0.1, 0.15) is 51.1 Å². The third-order valence-electron chi connectivity index (χ3n) is 6.15. The number of hydrogen-bond donors (Lipinski definition) is 4. The molecule has 2 aromatic heterocycles. The molecule has 1 saturated carbocycles. The van der Waals surface area contributed by atoms with E-state index in [1.54, 1.807) is 0 Å². The summed E-state index contributed by atoms with van der Waals surface area (Å²) in [7, 11) is 0. The van der Waals surface area contributed by atoms with Crippen LogP contribution in [-0.4, -0.2) is 60.4 Å². The maximum Gasteiger partial charge on any atom is 0.272 e. The summed E-state index contributed by atoms with van der Waals surface area (Å²) in [6.45, 7) is 2.78. The monoisotopic (exact) mass is 545 g/mol. The molecule has 0 saturated heterocycles. The highest BCUT2D eigenvalue weighted by atomic mass is 35.5. The van der Waals surface area contributed by atoms with E-state index in [9.17, 15) is 27.6 Å². The van der Waals surface area contributed by atoms with Gasteiger partial charge in [-0.1, -0.05) is 11.6 Å². The number of anilines is 1. The van der Waals surface area contributed by atoms with Gasteiger partial charge in [0.05, 0.1) is 17.4 Å². The van der Waals surface area contributed by atoms with Crippen molar-refractivity contribution in [2.75, 3.05) is 5.32 Å². The fourth-order valence-electron chi connectivity index (χ4n) is 3.94. The largest absolute Gasteiger partial charge is 0.469 e. The number of H-pyrrole nitrogens is 1. The molecular weight excluding hydrogens is 521 g/mol. The number of halogens is 4. The van der Waals surface area contributed by atoms with Gasteiger partial charge in [0.2, 0.25) is 11.8 Å². The lowest BCUT2D eigenvalue weighted by molar-refractivity contribution is -0.126. The quantitative estimate of drug-likeness (QED) is 0.223. The van der Waals surface area contributed by atoms with Crippen molar-refractivity contribution in [2.24, 2.45) is 11.1 Å². The average Bonchev–Trinajstić information content (AvgIpc) is 3.22. The molecule has 200 valence electrons. The predicted octanol–water partition coefficient (Wildman–Crippen LogP) is 1.74. The first-order chi connectivity index (χ1) is 17.3. The summed E-state index contributed by atoms with van der Waals surface area (Å²) < 4.78 is 43.1. The average molecular weight is 546 g/mol. The van der Waals surface area contributed by atoms with Crippen LogP contribution >= 0.6 is 11.6 Å². The molecule has 16 heteroatoms. The second-order valence-corrected chi connectivity index (χ2v) is 9.06. The Kier molecular flexibility index (Phi) is 8.35. The van der Waals surface area contributed by atoms with Gasteiger partial charge in [-0.3, -0.25) is 24.5 Å². The van der Waals surface area contributed by atoms with E-state index in [2.05, 4.69) is 31.1 Å². The standard InChI is InChI=1S/C21H24ClF3N8O4/c1-9(32-37)15(26)19(35)28-16(11-3-5-21(24,25)6-4-11)20(36)27-13-8-33(31-17(13)23)10(2)12-7-14(22)29-30-18(12)34/h7-8,10-11,16,26,37H,3-6H2,1-2H3,(H,27,36)(H,28,35)(H,30,34)/p+1/b26-15?,32-9-/t10-,16+/m1/s1. The van der Waals surface area contributed by atoms with Gasteiger partial charge in [0.15, 0.2) is 5.71 Å². The van der Waals surface area contributed by atoms with Crippen LogP contribution in [0.15, 0.2) is 22.2 Å². The number of rotatable bonds is 8. The second kappa shape index (κ2) is 11.1. The lowest BCUT2D eigenvalue weighted by Gasteiger charge is -2.33. The first-order valence-corrected chi connectivity index (χ1v) is 11.5. The first kappa shape index (κ1) is 27.8. The van der Waals surface area contributed by atoms with Gasteiger partial charge in [-0.2, -0.15) is 9.49 Å². The summed E-state index contributed by atoms with van der Waals surface area (Å²) in [6.07, 6.45) is -0.0920. The molecule has 2 amide bonds. The maximum atomic E-state index is 14.6. The molecule has 2 atom stereocenters. The number of nitrogens with zero attached hydrogens (tertiary/aromatic N) is 4. The van der Waals surface area contributed by atoms with Gasteiger partial charge in [-0.25, -0.2) is 13.9 Å². The number of aromatic nitrogens is 4. The van der Waals surface area contributed by atoms with E-state index in [0.717, 1.165) is 10.9 Å². The van der Waals surface area contributed by atoms with Crippen LogP contribution in [0.5, 0.6) is 0 Å². The zero-order valence-corrected chi connectivity index (χ0v) is 20.5. The van der Waals surface area contributed by atoms with E-state index in [-0.39, 0.29) is 35.0 Å². The molecule has 0 unspecified atom stereocenters. The highest BCUT2D eigenvalue weighted by Crippen LogP contribution is 2.37. The van der Waals surface area contributed by atoms with Crippen molar-refractivity contribution >= 4 is 40.5 Å². The minimum absolute atomic E-state index is 0.00415. The van der Waals surface area contributed by atoms with E-state index in [1.165, 1.54) is 19.9 Å². The van der Waals surface area contributed by atoms with Crippen molar-refractivity contribution < 1.29 is 28.0 Å². The zero-order valence-electron chi connectivity index (χ0n) is 19.7. The molecule has 0 spiro atoms. The van der Waals surface area contributed by atoms with Crippen molar-refractivity contribution in [2.45, 2.75) is 57.5 Å². The Morgan fingerprint density at radius 2 is 2.03 bits per heavy atom. The van der Waals surface area contributed by atoms with Crippen molar-refractivity contribution in [3.8, 4) is 0 Å². The molecule has 12 nitrogen and oxygen atoms in total. The lowest BCUT2D eigenvalue weighted by Crippen LogP contribution is -2.52. The summed E-state index contributed by atoms with van der Waals surface area (Å²) in [5, 5.41) is 31.8. The Morgan fingerprint density at radius 3 is 2.65 bits per heavy atom. The van der Waals surface area contributed by atoms with Gasteiger partial charge in [0.25, 0.3) is 17.4 Å². The molecule has 3 rings (SSSR count). The number of amides is 2. The Hall–Kier alpha value is -3.75. The molecule has 6 N–H and O–H groups in total. The number of carbonyl (C=O) groups is 2. The smallest absolute Gasteiger partial charge is 0.272 e. The Balaban J connectivity index is 1.84. The minimum atomic E-state index is -2.90. The van der Waals surface area contributed by atoms with Crippen molar-refractivity contribution in [3.05, 3.63) is 39.3 Å². The highest BCUT2D eigenvalue weighted by Gasteiger charge is 2.41. The molecule has 0 bridgehead atoms. The number of carbonyl (C=O) groups excluding carboxylic acids is 2. The number of alkyl halides is 2. The highest BCUT2D eigenvalue weighted by molar-refractivity contribution is 6.65. The molecule has 0 radical (unpaired) electrons. The molecule has 2 aromatic rings. The fraction of sp³-hybridized carbons (Fsp3) is 0.476. The zero-order chi connectivity index (χ0) is 27.5. The van der Waals surface area contributed by atoms with Crippen LogP contribution in [0.2, 0.25) is 5.15 Å². The van der Waals surface area contributed by atoms with Crippen LogP contribution in [-0.2, 0) is 9.59 Å². The summed E-state index contributed by atoms with van der Waals surface area (Å²) in [5.41, 5.74) is -1.74. The minimum Gasteiger partial charge on any atom is -0.469 e. The van der Waals surface area contributed by atoms with Crippen LogP contribution in [0.4, 0.5) is 18.9 Å². The van der Waals surface area contributed by atoms with Crippen molar-refractivity contribution in [1.29, 1.82) is 5.41 Å². The molecule has 1 aliphatic rings. The third kappa shape index (κ3) is 6.53. The van der Waals surface area contributed by atoms with Gasteiger partial charge in [-0.05, 0) is 38.7 Å². The van der Waals surface area contributed by atoms with E-state index in [0.29, 0.717) is 0 Å². The van der Waals surface area contributed by atoms with Crippen LogP contribution in [0.25, 0.3) is 0 Å². The summed E-state index contributed by atoms with van der Waals surface area (Å²) in [5.74, 6) is -6.67. The molecule has 2 heterocycles. The van der Waals surface area contributed by atoms with Gasteiger partial charge < -0.3 is 15.8 Å². The number of aromatic amines is 1. The number of nitrogens with one attached hydrogen (secondary N) is 4. The van der Waals surface area contributed by atoms with E-state index < -0.39 is 65.8 Å². The first-order valence-electron chi connectivity index (χ1n) is 11.1. The molecule has 0 aliphatic heterocycles. The normalized spacial score (nSPS) is 17.6. The number of hydrogen-bond acceptors (Lipinski definition) is 7. The molecule has 1 aliphatic carbocycles. The maximum absolute atomic E-state index is 14.6. The fourth-order valence-corrected chi connectivity index (χ4v) is 4.10. The molecule has 0 aromatic carbocycles. The summed E-state index contributed by atoms with van der Waals surface area (Å²) in [4.78, 5) is 37.7. The molecule has 37 heavy (non-hydrogen) atoms. The van der Waals surface area contributed by atoms with Gasteiger partial charge in [0, 0.05) is 18.4 Å². The van der Waals surface area contributed by atoms with Crippen LogP contribution < -0.4 is 16.2 Å². The van der Waals surface area contributed by atoms with Crippen LogP contribution in [0, 0.1) is 17.3 Å². The molecular formula is C21H25ClF3N8O4+. The summed E-state index contributed by atoms with van der Waals surface area (Å²) >= 11 is 5.82. The molecule has 1 fully saturated rings. The van der Waals surface area contributed by atoms with Crippen molar-refractivity contribution in [1.82, 2.24) is 25.3 Å². The van der Waals surface area contributed by atoms with Gasteiger partial charge >= 0.3 is 0 Å². The Bertz CT molecular complexity index is 1280. The van der Waals surface area contributed by atoms with Gasteiger partial charge in [0.1, 0.15) is 22.6 Å². The second-order valence-electron chi connectivity index (χ2n) is 8.67. The van der Waals surface area contributed by atoms with Gasteiger partial charge in [-0.15, -0.1) is 5.10 Å². The van der Waals surface area contributed by atoms with E-state index in [1.807, 2.05) is 0 Å². The topological polar surface area (TPSA) is 181 Å². The Morgan fingerprint density at radius 1 is 1.38 bits per heavy atom. The third-order valence-corrected chi connectivity index (χ3v) is 6.35. The van der Waals surface area contributed by atoms with Crippen LogP contribution in [0.3, 0.4) is 0 Å². The van der Waals surface area contributed by atoms with Crippen molar-refractivity contribution in [3.63, 3.8) is 0 Å². The lowest BCUT2D eigenvalue weighted by atomic mass is 9.81. The predicted molar refractivity (Wildman–Crippen MR) is 128 cm³/mol. The van der Waals surface area contributed by atoms with E-state index >= 15 is 0 Å². The summed E-state index contributed by atoms with van der Waals surface area (Å²) in [6, 6.07) is -0.915. The Labute approximate surface area is 212 Å². The van der Waals surface area contributed by atoms with E-state index in [4.69, 9.17) is 22.2 Å².